The van der Waals surface area contributed by atoms with Gasteiger partial charge in [0.2, 0.25) is 11.8 Å². The standard InChI is InChI=1S/C19H11N2O5S.2Na/c22-27(23,24)13-7-8-17-15(10-13)21-19(26-17)12-6-5-11(9-12)18-20-14-3-1-2-4-16(14)25-18;;/h1,3-8,10H,9H2,(H,22,23,24);;/q-1;2*+1/p-1. The van der Waals surface area contributed by atoms with Crippen molar-refractivity contribution in [2.45, 2.75) is 11.3 Å². The molecule has 0 saturated carbocycles. The fourth-order valence-electron chi connectivity index (χ4n) is 2.97. The van der Waals surface area contributed by atoms with Crippen LogP contribution >= 0.6 is 0 Å². The van der Waals surface area contributed by atoms with Crippen LogP contribution in [0.25, 0.3) is 33.3 Å². The molecule has 0 amide bonds. The Morgan fingerprint density at radius 1 is 0.931 bits per heavy atom. The summed E-state index contributed by atoms with van der Waals surface area (Å²) in [5, 5.41) is 0. The largest absolute Gasteiger partial charge is 1.00 e. The van der Waals surface area contributed by atoms with E-state index in [9.17, 15) is 13.0 Å². The van der Waals surface area contributed by atoms with E-state index in [1.165, 1.54) is 18.2 Å². The zero-order chi connectivity index (χ0) is 18.6. The number of benzene rings is 2. The molecule has 0 aliphatic heterocycles. The summed E-state index contributed by atoms with van der Waals surface area (Å²) in [6.07, 6.45) is 4.24. The molecule has 10 heteroatoms. The number of hydrogen-bond donors (Lipinski definition) is 0. The minimum atomic E-state index is -4.54. The molecule has 0 N–H and O–H groups in total. The molecule has 0 fully saturated rings. The third-order valence-electron chi connectivity index (χ3n) is 4.30. The van der Waals surface area contributed by atoms with Crippen molar-refractivity contribution in [3.63, 3.8) is 0 Å². The molecule has 1 aliphatic carbocycles. The molecule has 2 heterocycles. The number of aromatic nitrogens is 2. The average Bonchev–Trinajstić information content (AvgIpc) is 3.36. The predicted molar refractivity (Wildman–Crippen MR) is 95.4 cm³/mol. The summed E-state index contributed by atoms with van der Waals surface area (Å²) < 4.78 is 44.9. The Morgan fingerprint density at radius 3 is 2.24 bits per heavy atom. The van der Waals surface area contributed by atoms with E-state index in [0.717, 1.165) is 16.7 Å². The van der Waals surface area contributed by atoms with Crippen LogP contribution in [0.4, 0.5) is 0 Å². The fourth-order valence-corrected chi connectivity index (χ4v) is 3.46. The summed E-state index contributed by atoms with van der Waals surface area (Å²) in [7, 11) is -4.54. The molecule has 29 heavy (non-hydrogen) atoms. The summed E-state index contributed by atoms with van der Waals surface area (Å²) in [4.78, 5) is 8.44. The molecule has 4 aromatic rings. The number of nitrogens with zero attached hydrogens (tertiary/aromatic N) is 2. The molecule has 0 spiro atoms. The van der Waals surface area contributed by atoms with Gasteiger partial charge in [-0.3, -0.25) is 0 Å². The fraction of sp³-hybridized carbons (Fsp3) is 0.0526. The van der Waals surface area contributed by atoms with Crippen molar-refractivity contribution >= 4 is 43.5 Å². The van der Waals surface area contributed by atoms with E-state index >= 15 is 0 Å². The molecule has 1 aliphatic rings. The molecular formula is C19H10N2Na2O5S. The van der Waals surface area contributed by atoms with Crippen molar-refractivity contribution in [1.29, 1.82) is 0 Å². The molecule has 0 unspecified atom stereocenters. The van der Waals surface area contributed by atoms with Crippen LogP contribution in [-0.4, -0.2) is 22.9 Å². The smallest absolute Gasteiger partial charge is 0.744 e. The molecule has 2 aromatic heterocycles. The van der Waals surface area contributed by atoms with Gasteiger partial charge in [0.05, 0.1) is 4.90 Å². The van der Waals surface area contributed by atoms with E-state index in [0.29, 0.717) is 34.9 Å². The van der Waals surface area contributed by atoms with E-state index in [1.807, 2.05) is 18.2 Å². The van der Waals surface area contributed by atoms with Crippen molar-refractivity contribution in [3.05, 3.63) is 66.4 Å². The quantitative estimate of drug-likeness (QED) is 0.204. The van der Waals surface area contributed by atoms with Gasteiger partial charge in [0.15, 0.2) is 5.58 Å². The van der Waals surface area contributed by atoms with Crippen LogP contribution in [0.5, 0.6) is 0 Å². The van der Waals surface area contributed by atoms with Crippen LogP contribution in [0.3, 0.4) is 0 Å². The minimum absolute atomic E-state index is 0. The Bertz CT molecular complexity index is 1350. The maximum atomic E-state index is 11.2. The maximum absolute atomic E-state index is 11.2. The number of rotatable bonds is 3. The van der Waals surface area contributed by atoms with E-state index in [1.54, 1.807) is 12.1 Å². The second-order valence-corrected chi connectivity index (χ2v) is 7.46. The zero-order valence-electron chi connectivity index (χ0n) is 15.7. The molecule has 5 rings (SSSR count). The summed E-state index contributed by atoms with van der Waals surface area (Å²) in [6.45, 7) is 0. The van der Waals surface area contributed by atoms with E-state index in [4.69, 9.17) is 8.83 Å². The average molecular weight is 424 g/mol. The molecule has 0 atom stereocenters. The first-order chi connectivity index (χ1) is 13.0. The minimum Gasteiger partial charge on any atom is -0.744 e. The second kappa shape index (κ2) is 8.49. The van der Waals surface area contributed by atoms with Crippen LogP contribution in [0.1, 0.15) is 18.2 Å². The van der Waals surface area contributed by atoms with Crippen molar-refractivity contribution in [3.8, 4) is 0 Å². The number of oxazole rings is 2. The molecule has 2 aromatic carbocycles. The van der Waals surface area contributed by atoms with Crippen molar-refractivity contribution in [1.82, 2.24) is 9.97 Å². The summed E-state index contributed by atoms with van der Waals surface area (Å²) in [6, 6.07) is 12.1. The van der Waals surface area contributed by atoms with Crippen LogP contribution < -0.4 is 59.1 Å². The molecule has 0 bridgehead atoms. The normalized spacial score (nSPS) is 13.7. The predicted octanol–water partition coefficient (Wildman–Crippen LogP) is -2.45. The Kier molecular flexibility index (Phi) is 6.57. The van der Waals surface area contributed by atoms with Crippen molar-refractivity contribution in [2.75, 3.05) is 0 Å². The first-order valence-electron chi connectivity index (χ1n) is 8.01. The second-order valence-electron chi connectivity index (χ2n) is 6.08. The van der Waals surface area contributed by atoms with Crippen LogP contribution in [0.15, 0.2) is 62.3 Å². The van der Waals surface area contributed by atoms with Crippen LogP contribution in [0.2, 0.25) is 0 Å². The molecule has 7 nitrogen and oxygen atoms in total. The van der Waals surface area contributed by atoms with Crippen LogP contribution in [0, 0.1) is 6.07 Å². The number of hydrogen-bond acceptors (Lipinski definition) is 7. The Balaban J connectivity index is 0.00000120. The third kappa shape index (κ3) is 4.30. The monoisotopic (exact) mass is 424 g/mol. The van der Waals surface area contributed by atoms with Gasteiger partial charge in [-0.05, 0) is 18.2 Å². The van der Waals surface area contributed by atoms with Crippen LogP contribution in [-0.2, 0) is 10.1 Å². The van der Waals surface area contributed by atoms with Crippen molar-refractivity contribution in [2.24, 2.45) is 0 Å². The Labute approximate surface area is 210 Å². The Hall–Kier alpha value is -1.23. The Morgan fingerprint density at radius 2 is 1.59 bits per heavy atom. The maximum Gasteiger partial charge on any atom is 1.00 e. The van der Waals surface area contributed by atoms with Gasteiger partial charge in [0.1, 0.15) is 15.6 Å². The van der Waals surface area contributed by atoms with E-state index in [2.05, 4.69) is 16.0 Å². The summed E-state index contributed by atoms with van der Waals surface area (Å²) >= 11 is 0. The SMILES string of the molecule is O=S(=O)([O-])c1ccc2oc(C3=CC=C(c4nc5cc[c-]cc5o4)C3)nc2c1.[Na+].[Na+]. The number of fused-ring (bicyclic) bond motifs is 2. The van der Waals surface area contributed by atoms with Gasteiger partial charge in [-0.1, -0.05) is 12.2 Å². The number of allylic oxidation sites excluding steroid dienone is 4. The zero-order valence-corrected chi connectivity index (χ0v) is 20.5. The van der Waals surface area contributed by atoms with Crippen molar-refractivity contribution < 1.29 is 80.9 Å². The molecule has 134 valence electrons. The molecule has 0 saturated heterocycles. The van der Waals surface area contributed by atoms with E-state index < -0.39 is 10.1 Å². The van der Waals surface area contributed by atoms with E-state index in [-0.39, 0.29) is 64.0 Å². The molecule has 0 radical (unpaired) electrons. The van der Waals surface area contributed by atoms with Gasteiger partial charge in [-0.25, -0.2) is 18.4 Å². The summed E-state index contributed by atoms with van der Waals surface area (Å²) in [5.74, 6) is 0.882. The first kappa shape index (κ1) is 22.5. The first-order valence-corrected chi connectivity index (χ1v) is 9.42. The third-order valence-corrected chi connectivity index (χ3v) is 5.13. The van der Waals surface area contributed by atoms with Gasteiger partial charge >= 0.3 is 59.1 Å². The van der Waals surface area contributed by atoms with Gasteiger partial charge in [-0.2, -0.15) is 12.1 Å². The van der Waals surface area contributed by atoms with Gasteiger partial charge < -0.3 is 13.4 Å². The summed E-state index contributed by atoms with van der Waals surface area (Å²) in [5.41, 5.74) is 3.83. The molecular weight excluding hydrogens is 414 g/mol. The topological polar surface area (TPSA) is 109 Å². The van der Waals surface area contributed by atoms with Gasteiger partial charge in [0, 0.05) is 28.7 Å². The van der Waals surface area contributed by atoms with Gasteiger partial charge in [0.25, 0.3) is 0 Å². The van der Waals surface area contributed by atoms with Gasteiger partial charge in [-0.15, -0.1) is 12.1 Å².